The van der Waals surface area contributed by atoms with Gasteiger partial charge in [-0.2, -0.15) is 0 Å². The zero-order valence-corrected chi connectivity index (χ0v) is 12.6. The summed E-state index contributed by atoms with van der Waals surface area (Å²) in [5.41, 5.74) is 0.319. The molecule has 0 saturated carbocycles. The van der Waals surface area contributed by atoms with Crippen LogP contribution in [-0.4, -0.2) is 40.5 Å². The lowest BCUT2D eigenvalue weighted by atomic mass is 10.2. The van der Waals surface area contributed by atoms with Crippen molar-refractivity contribution in [3.05, 3.63) is 34.4 Å². The molecule has 2 unspecified atom stereocenters. The van der Waals surface area contributed by atoms with E-state index in [-0.39, 0.29) is 28.5 Å². The molecule has 20 heavy (non-hydrogen) atoms. The first-order valence-corrected chi connectivity index (χ1v) is 8.94. The summed E-state index contributed by atoms with van der Waals surface area (Å²) in [4.78, 5) is 12.3. The maximum Gasteiger partial charge on any atom is 0.292 e. The van der Waals surface area contributed by atoms with E-state index in [0.717, 1.165) is 0 Å². The monoisotopic (exact) mass is 330 g/mol. The number of nitro groups is 1. The van der Waals surface area contributed by atoms with Crippen LogP contribution in [0.4, 0.5) is 11.4 Å². The van der Waals surface area contributed by atoms with Crippen LogP contribution < -0.4 is 4.90 Å². The van der Waals surface area contributed by atoms with Gasteiger partial charge in [0.1, 0.15) is 10.0 Å². The van der Waals surface area contributed by atoms with Gasteiger partial charge in [0.05, 0.1) is 22.5 Å². The molecule has 2 saturated heterocycles. The summed E-state index contributed by atoms with van der Waals surface area (Å²) >= 11 is 6.59. The number of sulfone groups is 1. The molecule has 0 spiro atoms. The van der Waals surface area contributed by atoms with Crippen LogP contribution in [0.5, 0.6) is 0 Å². The summed E-state index contributed by atoms with van der Waals surface area (Å²) in [5, 5.41) is 11.0. The molecule has 2 fully saturated rings. The lowest BCUT2D eigenvalue weighted by Gasteiger charge is -2.23. The number of nitrogens with zero attached hydrogens (tertiary/aromatic N) is 2. The molecular formula is C11H10N2O4S3. The van der Waals surface area contributed by atoms with Crippen LogP contribution in [0.25, 0.3) is 0 Å². The number of thiocarbonyl (C=S) groups is 1. The van der Waals surface area contributed by atoms with E-state index in [1.807, 2.05) is 0 Å². The number of fused-ring (bicyclic) bond motifs is 1. The van der Waals surface area contributed by atoms with Crippen LogP contribution in [0.3, 0.4) is 0 Å². The Morgan fingerprint density at radius 1 is 1.35 bits per heavy atom. The predicted molar refractivity (Wildman–Crippen MR) is 82.0 cm³/mol. The maximum atomic E-state index is 11.7. The first-order valence-electron chi connectivity index (χ1n) is 5.83. The number of benzene rings is 1. The number of nitro benzene ring substituents is 1. The van der Waals surface area contributed by atoms with E-state index in [1.165, 1.54) is 17.8 Å². The lowest BCUT2D eigenvalue weighted by molar-refractivity contribution is -0.384. The van der Waals surface area contributed by atoms with E-state index in [9.17, 15) is 18.5 Å². The van der Waals surface area contributed by atoms with E-state index >= 15 is 0 Å². The minimum atomic E-state index is -3.09. The normalized spacial score (nSPS) is 27.6. The molecule has 2 heterocycles. The average Bonchev–Trinajstić information content (AvgIpc) is 2.79. The molecule has 9 heteroatoms. The third-order valence-electron chi connectivity index (χ3n) is 3.39. The van der Waals surface area contributed by atoms with E-state index in [4.69, 9.17) is 12.2 Å². The third-order valence-corrected chi connectivity index (χ3v) is 6.99. The molecule has 1 aromatic rings. The highest BCUT2D eigenvalue weighted by Gasteiger charge is 2.49. The molecule has 0 bridgehead atoms. The number of hydrogen-bond donors (Lipinski definition) is 0. The molecule has 2 atom stereocenters. The molecule has 0 aromatic heterocycles. The van der Waals surface area contributed by atoms with Crippen molar-refractivity contribution < 1.29 is 13.3 Å². The van der Waals surface area contributed by atoms with Crippen LogP contribution in [0.15, 0.2) is 24.3 Å². The molecule has 0 aliphatic carbocycles. The van der Waals surface area contributed by atoms with Gasteiger partial charge in [0.15, 0.2) is 9.84 Å². The van der Waals surface area contributed by atoms with Gasteiger partial charge >= 0.3 is 0 Å². The van der Waals surface area contributed by atoms with Gasteiger partial charge in [-0.05, 0) is 6.07 Å². The van der Waals surface area contributed by atoms with Crippen molar-refractivity contribution in [3.8, 4) is 0 Å². The lowest BCUT2D eigenvalue weighted by Crippen LogP contribution is -2.37. The first-order chi connectivity index (χ1) is 9.39. The Kier molecular flexibility index (Phi) is 3.22. The minimum absolute atomic E-state index is 0.00312. The topological polar surface area (TPSA) is 80.5 Å². The van der Waals surface area contributed by atoms with Crippen LogP contribution >= 0.6 is 24.0 Å². The van der Waals surface area contributed by atoms with Gasteiger partial charge < -0.3 is 4.90 Å². The van der Waals surface area contributed by atoms with Crippen molar-refractivity contribution in [2.75, 3.05) is 16.4 Å². The van der Waals surface area contributed by atoms with Crippen LogP contribution in [0.1, 0.15) is 0 Å². The number of para-hydroxylation sites is 2. The Bertz CT molecular complexity index is 703. The van der Waals surface area contributed by atoms with Crippen molar-refractivity contribution in [2.45, 2.75) is 11.3 Å². The van der Waals surface area contributed by atoms with Crippen molar-refractivity contribution in [3.63, 3.8) is 0 Å². The fraction of sp³-hybridized carbons (Fsp3) is 0.364. The van der Waals surface area contributed by atoms with Crippen LogP contribution in [0, 0.1) is 10.1 Å². The standard InChI is InChI=1S/C11H10N2O4S3/c14-13(15)8-4-2-1-3-7(8)12-9-5-20(16,17)6-10(9)19-11(12)18/h1-4,9-10H,5-6H2. The molecule has 2 aliphatic rings. The number of anilines is 1. The molecule has 1 aromatic carbocycles. The van der Waals surface area contributed by atoms with Crippen molar-refractivity contribution >= 4 is 49.5 Å². The highest BCUT2D eigenvalue weighted by molar-refractivity contribution is 8.24. The van der Waals surface area contributed by atoms with Crippen molar-refractivity contribution in [1.29, 1.82) is 0 Å². The van der Waals surface area contributed by atoms with E-state index in [2.05, 4.69) is 0 Å². The van der Waals surface area contributed by atoms with Crippen LogP contribution in [-0.2, 0) is 9.84 Å². The molecule has 3 rings (SSSR count). The zero-order chi connectivity index (χ0) is 14.5. The van der Waals surface area contributed by atoms with Gasteiger partial charge in [0.2, 0.25) is 0 Å². The summed E-state index contributed by atoms with van der Waals surface area (Å²) in [7, 11) is -3.09. The Morgan fingerprint density at radius 3 is 2.75 bits per heavy atom. The van der Waals surface area contributed by atoms with Crippen molar-refractivity contribution in [2.24, 2.45) is 0 Å². The Hall–Kier alpha value is -1.19. The van der Waals surface area contributed by atoms with E-state index in [0.29, 0.717) is 10.0 Å². The maximum absolute atomic E-state index is 11.7. The molecule has 2 aliphatic heterocycles. The fourth-order valence-electron chi connectivity index (χ4n) is 2.57. The van der Waals surface area contributed by atoms with E-state index < -0.39 is 14.8 Å². The third kappa shape index (κ3) is 2.19. The smallest absolute Gasteiger partial charge is 0.292 e. The largest absolute Gasteiger partial charge is 0.316 e. The molecule has 6 nitrogen and oxygen atoms in total. The summed E-state index contributed by atoms with van der Waals surface area (Å²) in [6, 6.07) is 5.97. The second-order valence-corrected chi connectivity index (χ2v) is 8.71. The minimum Gasteiger partial charge on any atom is -0.316 e. The van der Waals surface area contributed by atoms with Gasteiger partial charge in [-0.15, -0.1) is 0 Å². The van der Waals surface area contributed by atoms with Crippen molar-refractivity contribution in [1.82, 2.24) is 0 Å². The predicted octanol–water partition coefficient (Wildman–Crippen LogP) is 1.60. The highest BCUT2D eigenvalue weighted by atomic mass is 32.2. The van der Waals surface area contributed by atoms with Gasteiger partial charge in [-0.3, -0.25) is 10.1 Å². The molecule has 106 valence electrons. The zero-order valence-electron chi connectivity index (χ0n) is 10.1. The molecule has 0 N–H and O–H groups in total. The second-order valence-electron chi connectivity index (χ2n) is 4.68. The van der Waals surface area contributed by atoms with Gasteiger partial charge in [-0.1, -0.05) is 36.1 Å². The molecular weight excluding hydrogens is 320 g/mol. The Morgan fingerprint density at radius 2 is 2.05 bits per heavy atom. The number of rotatable bonds is 2. The number of thioether (sulfide) groups is 1. The van der Waals surface area contributed by atoms with Gasteiger partial charge in [-0.25, -0.2) is 8.42 Å². The molecule has 0 amide bonds. The fourth-order valence-corrected chi connectivity index (χ4v) is 6.93. The van der Waals surface area contributed by atoms with E-state index in [1.54, 1.807) is 23.1 Å². The quantitative estimate of drug-likeness (QED) is 0.463. The SMILES string of the molecule is O=[N+]([O-])c1ccccc1N1C(=S)SC2CS(=O)(=O)CC21. The second kappa shape index (κ2) is 4.68. The Labute approximate surface area is 125 Å². The summed E-state index contributed by atoms with van der Waals surface area (Å²) in [5.74, 6) is 0.0798. The van der Waals surface area contributed by atoms with Gasteiger partial charge in [0, 0.05) is 11.3 Å². The van der Waals surface area contributed by atoms with Crippen LogP contribution in [0.2, 0.25) is 0 Å². The first kappa shape index (κ1) is 13.8. The average molecular weight is 330 g/mol. The molecule has 0 radical (unpaired) electrons. The Balaban J connectivity index is 2.06. The number of hydrogen-bond acceptors (Lipinski definition) is 6. The van der Waals surface area contributed by atoms with Gasteiger partial charge in [0.25, 0.3) is 5.69 Å². The highest BCUT2D eigenvalue weighted by Crippen LogP contribution is 2.43. The summed E-state index contributed by atoms with van der Waals surface area (Å²) in [6.45, 7) is 0. The summed E-state index contributed by atoms with van der Waals surface area (Å²) < 4.78 is 24.0. The summed E-state index contributed by atoms with van der Waals surface area (Å²) in [6.07, 6.45) is 0.